The Morgan fingerprint density at radius 3 is 0.970 bits per heavy atom. The van der Waals surface area contributed by atoms with E-state index in [4.69, 9.17) is 14.2 Å². The van der Waals surface area contributed by atoms with Crippen LogP contribution < -0.4 is 0 Å². The Bertz CT molecular complexity index is 1480. The quantitative estimate of drug-likeness (QED) is 0.0199. The second kappa shape index (κ2) is 54.2. The summed E-state index contributed by atoms with van der Waals surface area (Å²) >= 11 is 0. The molecule has 0 saturated carbocycles. The molecule has 6 nitrogen and oxygen atoms in total. The van der Waals surface area contributed by atoms with Gasteiger partial charge in [-0.1, -0.05) is 244 Å². The first-order valence-electron chi connectivity index (χ1n) is 26.8. The van der Waals surface area contributed by atoms with E-state index in [1.807, 2.05) is 85.1 Å². The molecule has 0 heterocycles. The van der Waals surface area contributed by atoms with E-state index >= 15 is 0 Å². The number of rotatable bonds is 46. The minimum absolute atomic E-state index is 0.111. The molecule has 0 aromatic rings. The van der Waals surface area contributed by atoms with Crippen LogP contribution >= 0.6 is 0 Å². The van der Waals surface area contributed by atoms with Crippen molar-refractivity contribution in [3.05, 3.63) is 134 Å². The van der Waals surface area contributed by atoms with Gasteiger partial charge in [-0.3, -0.25) is 14.4 Å². The first-order chi connectivity index (χ1) is 33.0. The van der Waals surface area contributed by atoms with E-state index in [0.717, 1.165) is 96.3 Å². The standard InChI is InChI=1S/C61H96O6/c1-4-7-10-13-16-19-22-25-28-30-33-36-39-42-45-48-51-54-60(63)66-57-58(56-65-59(62)53-50-47-44-41-38-35-32-27-24-21-18-15-12-9-6-3)67-61(64)55-52-49-46-43-40-37-34-31-29-26-23-20-17-14-11-8-5-2/h7,9-10,12-13,15-16,18-19,21-22,24-30,32-33,36,39,58H,4-6,8,11,14,17,20,23,31,34-35,37-38,40-57H2,1-3H3/b10-7-,12-9-,16-13-,18-15-,22-19-,24-21-,28-25-,29-26-,32-27-,33-30+,39-36-. The number of esters is 3. The summed E-state index contributed by atoms with van der Waals surface area (Å²) in [5.74, 6) is -0.988. The van der Waals surface area contributed by atoms with Gasteiger partial charge in [0.1, 0.15) is 13.2 Å². The summed E-state index contributed by atoms with van der Waals surface area (Å²) in [4.78, 5) is 38.1. The molecule has 0 spiro atoms. The van der Waals surface area contributed by atoms with Crippen LogP contribution in [0.5, 0.6) is 0 Å². The van der Waals surface area contributed by atoms with Gasteiger partial charge >= 0.3 is 17.9 Å². The van der Waals surface area contributed by atoms with E-state index in [-0.39, 0.29) is 31.1 Å². The second-order valence-corrected chi connectivity index (χ2v) is 17.3. The number of unbranched alkanes of at least 4 members (excludes halogenated alkanes) is 21. The van der Waals surface area contributed by atoms with Crippen LogP contribution in [0.3, 0.4) is 0 Å². The van der Waals surface area contributed by atoms with Gasteiger partial charge < -0.3 is 14.2 Å². The lowest BCUT2D eigenvalue weighted by Crippen LogP contribution is -2.30. The van der Waals surface area contributed by atoms with Gasteiger partial charge in [-0.2, -0.15) is 0 Å². The van der Waals surface area contributed by atoms with E-state index in [0.29, 0.717) is 19.3 Å². The maximum atomic E-state index is 12.8. The molecule has 0 aliphatic heterocycles. The number of hydrogen-bond donors (Lipinski definition) is 0. The van der Waals surface area contributed by atoms with Gasteiger partial charge in [0, 0.05) is 19.3 Å². The number of carbonyl (C=O) groups excluding carboxylic acids is 3. The molecule has 0 radical (unpaired) electrons. The SMILES string of the molecule is CC\C=C/C=C\C=C/C=C\C=C\C=C/CCCCCC(=O)OCC(COC(=O)CCCCCCC\C=C/C=C\C=C/C=C\CC)OC(=O)CCCCCCCCC/C=C\CCCCCCCC. The van der Waals surface area contributed by atoms with Gasteiger partial charge in [0.2, 0.25) is 0 Å². The average molecular weight is 925 g/mol. The van der Waals surface area contributed by atoms with Crippen LogP contribution in [0.2, 0.25) is 0 Å². The van der Waals surface area contributed by atoms with Crippen molar-refractivity contribution in [2.75, 3.05) is 13.2 Å². The van der Waals surface area contributed by atoms with Crippen LogP contribution in [0.15, 0.2) is 134 Å². The summed E-state index contributed by atoms with van der Waals surface area (Å²) in [5.41, 5.74) is 0. The Hall–Kier alpha value is -4.45. The number of allylic oxidation sites excluding steroid dienone is 22. The zero-order chi connectivity index (χ0) is 48.6. The zero-order valence-corrected chi connectivity index (χ0v) is 42.9. The van der Waals surface area contributed by atoms with Crippen LogP contribution in [0.4, 0.5) is 0 Å². The molecule has 376 valence electrons. The van der Waals surface area contributed by atoms with Crippen molar-refractivity contribution in [1.29, 1.82) is 0 Å². The van der Waals surface area contributed by atoms with Crippen molar-refractivity contribution < 1.29 is 28.6 Å². The molecule has 0 fully saturated rings. The summed E-state index contributed by atoms with van der Waals surface area (Å²) in [6.07, 6.45) is 75.7. The second-order valence-electron chi connectivity index (χ2n) is 17.3. The van der Waals surface area contributed by atoms with Gasteiger partial charge in [0.15, 0.2) is 6.10 Å². The van der Waals surface area contributed by atoms with E-state index in [1.165, 1.54) is 77.0 Å². The van der Waals surface area contributed by atoms with Crippen molar-refractivity contribution in [3.8, 4) is 0 Å². The smallest absolute Gasteiger partial charge is 0.306 e. The monoisotopic (exact) mass is 925 g/mol. The fourth-order valence-electron chi connectivity index (χ4n) is 6.89. The molecule has 0 aliphatic rings. The normalized spacial score (nSPS) is 13.2. The molecule has 0 aliphatic carbocycles. The Labute approximate surface area is 411 Å². The Kier molecular flexibility index (Phi) is 50.6. The van der Waals surface area contributed by atoms with E-state index in [1.54, 1.807) is 0 Å². The molecule has 6 heteroatoms. The molecule has 0 aromatic heterocycles. The fourth-order valence-corrected chi connectivity index (χ4v) is 6.89. The molecule has 0 aromatic carbocycles. The first kappa shape index (κ1) is 62.5. The Morgan fingerprint density at radius 2 is 0.597 bits per heavy atom. The maximum absolute atomic E-state index is 12.8. The van der Waals surface area contributed by atoms with Crippen LogP contribution in [0.25, 0.3) is 0 Å². The predicted molar refractivity (Wildman–Crippen MR) is 288 cm³/mol. The van der Waals surface area contributed by atoms with Crippen molar-refractivity contribution >= 4 is 17.9 Å². The minimum Gasteiger partial charge on any atom is -0.462 e. The van der Waals surface area contributed by atoms with E-state index in [9.17, 15) is 14.4 Å². The molecular weight excluding hydrogens is 829 g/mol. The van der Waals surface area contributed by atoms with Crippen molar-refractivity contribution in [2.24, 2.45) is 0 Å². The first-order valence-corrected chi connectivity index (χ1v) is 26.8. The number of carbonyl (C=O) groups is 3. The van der Waals surface area contributed by atoms with Crippen LogP contribution in [-0.4, -0.2) is 37.2 Å². The van der Waals surface area contributed by atoms with E-state index < -0.39 is 6.10 Å². The third kappa shape index (κ3) is 52.4. The molecule has 0 bridgehead atoms. The van der Waals surface area contributed by atoms with Crippen molar-refractivity contribution in [2.45, 2.75) is 219 Å². The zero-order valence-electron chi connectivity index (χ0n) is 42.9. The summed E-state index contributed by atoms with van der Waals surface area (Å²) in [5, 5.41) is 0. The van der Waals surface area contributed by atoms with Crippen molar-refractivity contribution in [3.63, 3.8) is 0 Å². The molecule has 0 saturated heterocycles. The summed E-state index contributed by atoms with van der Waals surface area (Å²) in [7, 11) is 0. The van der Waals surface area contributed by atoms with Crippen LogP contribution in [0, 0.1) is 0 Å². The van der Waals surface area contributed by atoms with Gasteiger partial charge in [0.25, 0.3) is 0 Å². The van der Waals surface area contributed by atoms with Crippen LogP contribution in [0.1, 0.15) is 213 Å². The fraction of sp³-hybridized carbons (Fsp3) is 0.590. The predicted octanol–water partition coefficient (Wildman–Crippen LogP) is 17.9. The molecular formula is C61H96O6. The average Bonchev–Trinajstić information content (AvgIpc) is 3.33. The molecule has 0 amide bonds. The van der Waals surface area contributed by atoms with Gasteiger partial charge in [-0.15, -0.1) is 0 Å². The summed E-state index contributed by atoms with van der Waals surface area (Å²) in [6.45, 7) is 6.28. The molecule has 0 rings (SSSR count). The highest BCUT2D eigenvalue weighted by Crippen LogP contribution is 2.14. The van der Waals surface area contributed by atoms with Crippen molar-refractivity contribution in [1.82, 2.24) is 0 Å². The summed E-state index contributed by atoms with van der Waals surface area (Å²) < 4.78 is 16.8. The highest BCUT2D eigenvalue weighted by molar-refractivity contribution is 5.71. The largest absolute Gasteiger partial charge is 0.462 e. The number of hydrogen-bond acceptors (Lipinski definition) is 6. The van der Waals surface area contributed by atoms with Gasteiger partial charge in [0.05, 0.1) is 0 Å². The molecule has 1 atom stereocenters. The maximum Gasteiger partial charge on any atom is 0.306 e. The lowest BCUT2D eigenvalue weighted by Gasteiger charge is -2.18. The Balaban J connectivity index is 4.55. The van der Waals surface area contributed by atoms with E-state index in [2.05, 4.69) is 69.4 Å². The van der Waals surface area contributed by atoms with Crippen LogP contribution in [-0.2, 0) is 28.6 Å². The molecule has 1 unspecified atom stereocenters. The third-order valence-corrected chi connectivity index (χ3v) is 10.9. The summed E-state index contributed by atoms with van der Waals surface area (Å²) in [6, 6.07) is 0. The number of ether oxygens (including phenoxy) is 3. The van der Waals surface area contributed by atoms with Gasteiger partial charge in [-0.05, 0) is 83.5 Å². The molecule has 67 heavy (non-hydrogen) atoms. The topological polar surface area (TPSA) is 78.9 Å². The molecule has 0 N–H and O–H groups in total. The Morgan fingerprint density at radius 1 is 0.313 bits per heavy atom. The highest BCUT2D eigenvalue weighted by Gasteiger charge is 2.19. The third-order valence-electron chi connectivity index (χ3n) is 10.9. The highest BCUT2D eigenvalue weighted by atomic mass is 16.6. The minimum atomic E-state index is -0.814. The lowest BCUT2D eigenvalue weighted by molar-refractivity contribution is -0.167. The van der Waals surface area contributed by atoms with Gasteiger partial charge in [-0.25, -0.2) is 0 Å². The lowest BCUT2D eigenvalue weighted by atomic mass is 10.1.